The van der Waals surface area contributed by atoms with Crippen molar-refractivity contribution < 1.29 is 14.0 Å². The third-order valence-electron chi connectivity index (χ3n) is 3.92. The number of aryl methyl sites for hydroxylation is 1. The van der Waals surface area contributed by atoms with Crippen molar-refractivity contribution in [2.75, 3.05) is 5.32 Å². The summed E-state index contributed by atoms with van der Waals surface area (Å²) in [5.41, 5.74) is 2.94. The Morgan fingerprint density at radius 3 is 2.48 bits per heavy atom. The number of hydrogen-bond acceptors (Lipinski definition) is 6. The number of carbonyl (C=O) groups is 2. The number of nitrogens with one attached hydrogen (secondary N) is 1. The summed E-state index contributed by atoms with van der Waals surface area (Å²) < 4.78 is 5.65. The minimum absolute atomic E-state index is 0.106. The molecule has 138 valence electrons. The first-order valence-electron chi connectivity index (χ1n) is 8.42. The van der Waals surface area contributed by atoms with Crippen LogP contribution in [0.1, 0.15) is 29.8 Å². The average Bonchev–Trinajstić information content (AvgIpc) is 3.11. The van der Waals surface area contributed by atoms with Crippen molar-refractivity contribution in [3.63, 3.8) is 0 Å². The third kappa shape index (κ3) is 4.62. The molecule has 0 fully saturated rings. The second-order valence-corrected chi connectivity index (χ2v) is 7.38. The van der Waals surface area contributed by atoms with Gasteiger partial charge in [0.25, 0.3) is 5.22 Å². The van der Waals surface area contributed by atoms with E-state index in [1.165, 1.54) is 18.7 Å². The molecular weight excluding hydrogens is 362 g/mol. The van der Waals surface area contributed by atoms with Crippen LogP contribution in [-0.4, -0.2) is 27.1 Å². The molecule has 0 spiro atoms. The van der Waals surface area contributed by atoms with Gasteiger partial charge in [-0.05, 0) is 45.0 Å². The van der Waals surface area contributed by atoms with Gasteiger partial charge in [0.1, 0.15) is 0 Å². The van der Waals surface area contributed by atoms with Crippen LogP contribution in [0.15, 0.2) is 58.2 Å². The maximum Gasteiger partial charge on any atom is 0.277 e. The van der Waals surface area contributed by atoms with E-state index in [1.54, 1.807) is 31.2 Å². The van der Waals surface area contributed by atoms with Crippen LogP contribution in [0, 0.1) is 6.92 Å². The Labute approximate surface area is 161 Å². The van der Waals surface area contributed by atoms with Crippen LogP contribution in [0.25, 0.3) is 11.5 Å². The molecule has 1 atom stereocenters. The molecule has 1 unspecified atom stereocenters. The fraction of sp³-hybridized carbons (Fsp3) is 0.200. The zero-order chi connectivity index (χ0) is 19.4. The fourth-order valence-electron chi connectivity index (χ4n) is 2.41. The Balaban J connectivity index is 1.67. The monoisotopic (exact) mass is 381 g/mol. The topological polar surface area (TPSA) is 85.1 Å². The number of benzene rings is 2. The van der Waals surface area contributed by atoms with Crippen LogP contribution < -0.4 is 5.32 Å². The minimum Gasteiger partial charge on any atom is -0.411 e. The van der Waals surface area contributed by atoms with Crippen molar-refractivity contribution >= 4 is 29.1 Å². The quantitative estimate of drug-likeness (QED) is 0.504. The standard InChI is InChI=1S/C20H19N3O3S/c1-12-8-10-15(11-9-12)19-22-23-20(26-19)27-14(3)18(25)21-17-7-5-4-6-16(17)13(2)24/h4-11,14H,1-3H3,(H,21,25). The molecule has 0 aliphatic rings. The first-order valence-corrected chi connectivity index (χ1v) is 9.30. The van der Waals surface area contributed by atoms with Gasteiger partial charge in [0.05, 0.1) is 10.9 Å². The zero-order valence-electron chi connectivity index (χ0n) is 15.2. The van der Waals surface area contributed by atoms with Crippen LogP contribution in [0.4, 0.5) is 5.69 Å². The Bertz CT molecular complexity index is 967. The molecular formula is C20H19N3O3S. The van der Waals surface area contributed by atoms with Crippen molar-refractivity contribution in [3.05, 3.63) is 59.7 Å². The van der Waals surface area contributed by atoms with Crippen molar-refractivity contribution in [1.29, 1.82) is 0 Å². The highest BCUT2D eigenvalue weighted by atomic mass is 32.2. The molecule has 0 bridgehead atoms. The second kappa shape index (κ2) is 8.18. The number of ketones is 1. The SMILES string of the molecule is CC(=O)c1ccccc1NC(=O)C(C)Sc1nnc(-c2ccc(C)cc2)o1. The smallest absolute Gasteiger partial charge is 0.277 e. The molecule has 0 saturated heterocycles. The molecule has 1 N–H and O–H groups in total. The molecule has 0 aliphatic heterocycles. The molecule has 0 radical (unpaired) electrons. The third-order valence-corrected chi connectivity index (χ3v) is 4.85. The number of rotatable bonds is 6. The van der Waals surface area contributed by atoms with Gasteiger partial charge >= 0.3 is 0 Å². The molecule has 1 amide bonds. The molecule has 27 heavy (non-hydrogen) atoms. The number of thioether (sulfide) groups is 1. The summed E-state index contributed by atoms with van der Waals surface area (Å²) in [6.45, 7) is 5.21. The van der Waals surface area contributed by atoms with E-state index in [0.717, 1.165) is 11.1 Å². The van der Waals surface area contributed by atoms with Gasteiger partial charge in [0, 0.05) is 11.1 Å². The lowest BCUT2D eigenvalue weighted by Gasteiger charge is -2.12. The van der Waals surface area contributed by atoms with Gasteiger partial charge in [0.2, 0.25) is 11.8 Å². The number of amides is 1. The Hall–Kier alpha value is -2.93. The first-order chi connectivity index (χ1) is 12.9. The number of nitrogens with zero attached hydrogens (tertiary/aromatic N) is 2. The predicted octanol–water partition coefficient (Wildman–Crippen LogP) is 4.37. The normalized spacial score (nSPS) is 11.8. The Kier molecular flexibility index (Phi) is 5.71. The van der Waals surface area contributed by atoms with Crippen LogP contribution in [0.5, 0.6) is 0 Å². The van der Waals surface area contributed by atoms with E-state index in [0.29, 0.717) is 22.4 Å². The highest BCUT2D eigenvalue weighted by Gasteiger charge is 2.20. The minimum atomic E-state index is -0.476. The molecule has 0 aliphatic carbocycles. The van der Waals surface area contributed by atoms with E-state index < -0.39 is 5.25 Å². The zero-order valence-corrected chi connectivity index (χ0v) is 16.0. The Morgan fingerprint density at radius 2 is 1.78 bits per heavy atom. The van der Waals surface area contributed by atoms with E-state index in [2.05, 4.69) is 15.5 Å². The fourth-order valence-corrected chi connectivity index (χ4v) is 3.09. The van der Waals surface area contributed by atoms with Gasteiger partial charge in [0.15, 0.2) is 5.78 Å². The van der Waals surface area contributed by atoms with Crippen molar-refractivity contribution in [2.45, 2.75) is 31.2 Å². The van der Waals surface area contributed by atoms with Crippen LogP contribution in [0.3, 0.4) is 0 Å². The maximum atomic E-state index is 12.5. The van der Waals surface area contributed by atoms with Gasteiger partial charge < -0.3 is 9.73 Å². The lowest BCUT2D eigenvalue weighted by atomic mass is 10.1. The highest BCUT2D eigenvalue weighted by molar-refractivity contribution is 8.00. The average molecular weight is 381 g/mol. The van der Waals surface area contributed by atoms with Gasteiger partial charge in [-0.15, -0.1) is 10.2 Å². The van der Waals surface area contributed by atoms with Crippen molar-refractivity contribution in [3.8, 4) is 11.5 Å². The second-order valence-electron chi connectivity index (χ2n) is 6.09. The Morgan fingerprint density at radius 1 is 1.07 bits per heavy atom. The highest BCUT2D eigenvalue weighted by Crippen LogP contribution is 2.27. The van der Waals surface area contributed by atoms with E-state index >= 15 is 0 Å². The van der Waals surface area contributed by atoms with Crippen LogP contribution >= 0.6 is 11.8 Å². The van der Waals surface area contributed by atoms with E-state index in [-0.39, 0.29) is 11.7 Å². The van der Waals surface area contributed by atoms with Gasteiger partial charge in [-0.1, -0.05) is 41.6 Å². The largest absolute Gasteiger partial charge is 0.411 e. The lowest BCUT2D eigenvalue weighted by Crippen LogP contribution is -2.23. The summed E-state index contributed by atoms with van der Waals surface area (Å²) in [5.74, 6) is 0.0571. The van der Waals surface area contributed by atoms with Gasteiger partial charge in [-0.25, -0.2) is 0 Å². The summed E-state index contributed by atoms with van der Waals surface area (Å²) in [5, 5.41) is 10.7. The number of Topliss-reactive ketones (excluding diaryl/α,β-unsaturated/α-hetero) is 1. The van der Waals surface area contributed by atoms with Crippen LogP contribution in [0.2, 0.25) is 0 Å². The number of anilines is 1. The summed E-state index contributed by atoms with van der Waals surface area (Å²) >= 11 is 1.17. The summed E-state index contributed by atoms with van der Waals surface area (Å²) in [6.07, 6.45) is 0. The van der Waals surface area contributed by atoms with Crippen molar-refractivity contribution in [1.82, 2.24) is 10.2 Å². The van der Waals surface area contributed by atoms with E-state index in [4.69, 9.17) is 4.42 Å². The van der Waals surface area contributed by atoms with E-state index in [9.17, 15) is 9.59 Å². The maximum absolute atomic E-state index is 12.5. The molecule has 0 saturated carbocycles. The van der Waals surface area contributed by atoms with Crippen molar-refractivity contribution in [2.24, 2.45) is 0 Å². The van der Waals surface area contributed by atoms with Gasteiger partial charge in [-0.2, -0.15) is 0 Å². The number of hydrogen-bond donors (Lipinski definition) is 1. The summed E-state index contributed by atoms with van der Waals surface area (Å²) in [4.78, 5) is 24.2. The number of carbonyl (C=O) groups excluding carboxylic acids is 2. The molecule has 3 aromatic rings. The molecule has 1 heterocycles. The number of aromatic nitrogens is 2. The first kappa shape index (κ1) is 18.8. The molecule has 2 aromatic carbocycles. The number of para-hydroxylation sites is 1. The summed E-state index contributed by atoms with van der Waals surface area (Å²) in [6, 6.07) is 14.7. The molecule has 3 rings (SSSR count). The van der Waals surface area contributed by atoms with Gasteiger partial charge in [-0.3, -0.25) is 9.59 Å². The predicted molar refractivity (Wildman–Crippen MR) is 105 cm³/mol. The lowest BCUT2D eigenvalue weighted by molar-refractivity contribution is -0.115. The molecule has 6 nitrogen and oxygen atoms in total. The molecule has 1 aromatic heterocycles. The summed E-state index contributed by atoms with van der Waals surface area (Å²) in [7, 11) is 0. The molecule has 7 heteroatoms. The van der Waals surface area contributed by atoms with E-state index in [1.807, 2.05) is 31.2 Å². The van der Waals surface area contributed by atoms with Crippen LogP contribution in [-0.2, 0) is 4.79 Å².